The second-order valence-corrected chi connectivity index (χ2v) is 8.95. The Balaban J connectivity index is 1.35. The van der Waals surface area contributed by atoms with Gasteiger partial charge < -0.3 is 35.4 Å². The highest BCUT2D eigenvalue weighted by molar-refractivity contribution is 5.82. The summed E-state index contributed by atoms with van der Waals surface area (Å²) < 4.78 is 19.4. The maximum absolute atomic E-state index is 11.4. The molecule has 0 bridgehead atoms. The molecule has 1 aliphatic rings. The fourth-order valence-electron chi connectivity index (χ4n) is 4.74. The Hall–Kier alpha value is -3.73. The van der Waals surface area contributed by atoms with Crippen LogP contribution in [0.5, 0.6) is 5.75 Å². The van der Waals surface area contributed by atoms with Gasteiger partial charge in [0.05, 0.1) is 51.5 Å². The molecule has 5 rings (SSSR count). The van der Waals surface area contributed by atoms with Crippen molar-refractivity contribution < 1.29 is 19.3 Å². The molecule has 1 aliphatic carbocycles. The van der Waals surface area contributed by atoms with Crippen LogP contribution in [0.25, 0.3) is 11.2 Å². The molecule has 2 aromatic carbocycles. The van der Waals surface area contributed by atoms with Gasteiger partial charge in [-0.05, 0) is 29.7 Å². The van der Waals surface area contributed by atoms with Gasteiger partial charge in [0, 0.05) is 5.92 Å². The predicted molar refractivity (Wildman–Crippen MR) is 135 cm³/mol. The highest BCUT2D eigenvalue weighted by Crippen LogP contribution is 2.39. The summed E-state index contributed by atoms with van der Waals surface area (Å²) in [6.07, 6.45) is 1.16. The molecule has 0 unspecified atom stereocenters. The third-order valence-corrected chi connectivity index (χ3v) is 6.65. The highest BCUT2D eigenvalue weighted by Gasteiger charge is 2.45. The van der Waals surface area contributed by atoms with Crippen LogP contribution in [0.2, 0.25) is 0 Å². The van der Waals surface area contributed by atoms with Crippen LogP contribution in [0.1, 0.15) is 23.6 Å². The molecule has 0 saturated heterocycles. The molecule has 10 heteroatoms. The van der Waals surface area contributed by atoms with E-state index in [1.54, 1.807) is 13.4 Å². The summed E-state index contributed by atoms with van der Waals surface area (Å²) in [7, 11) is 1.64. The van der Waals surface area contributed by atoms with Gasteiger partial charge in [0.1, 0.15) is 11.3 Å². The Morgan fingerprint density at radius 3 is 2.50 bits per heavy atom. The lowest BCUT2D eigenvalue weighted by Crippen LogP contribution is -2.31. The molecule has 4 aromatic rings. The topological polar surface area (TPSA) is 144 Å². The van der Waals surface area contributed by atoms with Gasteiger partial charge in [-0.3, -0.25) is 0 Å². The van der Waals surface area contributed by atoms with E-state index < -0.39 is 6.10 Å². The summed E-state index contributed by atoms with van der Waals surface area (Å²) in [4.78, 5) is 12.7. The zero-order valence-electron chi connectivity index (χ0n) is 20.0. The number of imidazole rings is 1. The summed E-state index contributed by atoms with van der Waals surface area (Å²) in [6.45, 7) is 1.19. The van der Waals surface area contributed by atoms with Crippen LogP contribution < -0.4 is 16.2 Å². The zero-order chi connectivity index (χ0) is 25.1. The van der Waals surface area contributed by atoms with Gasteiger partial charge in [-0.25, -0.2) is 4.98 Å². The zero-order valence-corrected chi connectivity index (χ0v) is 20.0. The number of aliphatic hydroxyl groups is 1. The summed E-state index contributed by atoms with van der Waals surface area (Å²) in [5.74, 6) is 0.795. The molecule has 10 nitrogen and oxygen atoms in total. The molecule has 2 heterocycles. The van der Waals surface area contributed by atoms with Crippen LogP contribution in [0.3, 0.4) is 0 Å². The van der Waals surface area contributed by atoms with Crippen molar-refractivity contribution >= 4 is 22.9 Å². The van der Waals surface area contributed by atoms with Gasteiger partial charge in [0.2, 0.25) is 5.95 Å². The monoisotopic (exact) mass is 490 g/mol. The molecule has 36 heavy (non-hydrogen) atoms. The number of nitrogens with zero attached hydrogens (tertiary/aromatic N) is 4. The Morgan fingerprint density at radius 1 is 1.00 bits per heavy atom. The molecule has 0 spiro atoms. The Morgan fingerprint density at radius 2 is 1.75 bits per heavy atom. The number of aliphatic hydroxyl groups excluding tert-OH is 1. The summed E-state index contributed by atoms with van der Waals surface area (Å²) in [6, 6.07) is 17.3. The third kappa shape index (κ3) is 4.97. The average Bonchev–Trinajstić information content (AvgIpc) is 3.44. The standard InChI is InChI=1S/C26H30N6O4/c1-34-18-9-7-17(8-10-18)13-36-21-11-20(32-15-29-22-24(27)30-26(28)31-25(22)32)23(33)19(21)14-35-12-16-5-3-2-4-6-16/h2-10,15,19-21,23,33H,11-14H2,1H3,(H4,27,28,30,31)/t19-,20-,21-,23-/m0/s1. The number of nitrogen functional groups attached to an aromatic ring is 2. The van der Waals surface area contributed by atoms with Crippen LogP contribution in [0.15, 0.2) is 60.9 Å². The number of ether oxygens (including phenoxy) is 3. The number of methoxy groups -OCH3 is 1. The second-order valence-electron chi connectivity index (χ2n) is 8.95. The molecule has 2 aromatic heterocycles. The van der Waals surface area contributed by atoms with Crippen molar-refractivity contribution in [1.82, 2.24) is 19.5 Å². The van der Waals surface area contributed by atoms with E-state index in [0.717, 1.165) is 16.9 Å². The fraction of sp³-hybridized carbons (Fsp3) is 0.346. The van der Waals surface area contributed by atoms with Gasteiger partial charge in [-0.15, -0.1) is 0 Å². The number of anilines is 2. The lowest BCUT2D eigenvalue weighted by molar-refractivity contribution is -0.0475. The number of benzene rings is 2. The third-order valence-electron chi connectivity index (χ3n) is 6.65. The molecule has 188 valence electrons. The van der Waals surface area contributed by atoms with Crippen molar-refractivity contribution in [3.63, 3.8) is 0 Å². The van der Waals surface area contributed by atoms with Crippen molar-refractivity contribution in [1.29, 1.82) is 0 Å². The lowest BCUT2D eigenvalue weighted by Gasteiger charge is -2.23. The van der Waals surface area contributed by atoms with E-state index >= 15 is 0 Å². The van der Waals surface area contributed by atoms with Crippen molar-refractivity contribution in [3.05, 3.63) is 72.1 Å². The van der Waals surface area contributed by atoms with E-state index in [0.29, 0.717) is 37.4 Å². The molecule has 4 atom stereocenters. The number of nitrogens with two attached hydrogens (primary N) is 2. The van der Waals surface area contributed by atoms with Gasteiger partial charge in [0.15, 0.2) is 11.5 Å². The maximum Gasteiger partial charge on any atom is 0.224 e. The van der Waals surface area contributed by atoms with Gasteiger partial charge >= 0.3 is 0 Å². The molecule has 0 aliphatic heterocycles. The number of fused-ring (bicyclic) bond motifs is 1. The molecule has 5 N–H and O–H groups in total. The number of hydrogen-bond donors (Lipinski definition) is 3. The van der Waals surface area contributed by atoms with Crippen molar-refractivity contribution in [2.24, 2.45) is 5.92 Å². The summed E-state index contributed by atoms with van der Waals surface area (Å²) in [5, 5.41) is 11.4. The SMILES string of the molecule is COc1ccc(CO[C@H]2C[C@H](n3cnc4c(N)nc(N)nc43)[C@@H](O)[C@H]2COCc2ccccc2)cc1. The maximum atomic E-state index is 11.4. The second kappa shape index (κ2) is 10.5. The van der Waals surface area contributed by atoms with Crippen molar-refractivity contribution in [3.8, 4) is 5.75 Å². The van der Waals surface area contributed by atoms with Gasteiger partial charge in [-0.1, -0.05) is 42.5 Å². The van der Waals surface area contributed by atoms with Crippen LogP contribution in [-0.2, 0) is 22.7 Å². The first kappa shape index (κ1) is 24.0. The molecular weight excluding hydrogens is 460 g/mol. The number of hydrogen-bond acceptors (Lipinski definition) is 9. The van der Waals surface area contributed by atoms with Gasteiger partial charge in [0.25, 0.3) is 0 Å². The lowest BCUT2D eigenvalue weighted by atomic mass is 10.0. The Kier molecular flexibility index (Phi) is 6.99. The molecule has 1 fully saturated rings. The molecule has 0 radical (unpaired) electrons. The largest absolute Gasteiger partial charge is 0.497 e. The Bertz CT molecular complexity index is 1300. The van der Waals surface area contributed by atoms with E-state index in [1.165, 1.54) is 0 Å². The quantitative estimate of drug-likeness (QED) is 0.322. The van der Waals surface area contributed by atoms with E-state index in [2.05, 4.69) is 15.0 Å². The minimum atomic E-state index is -0.753. The number of rotatable bonds is 9. The van der Waals surface area contributed by atoms with Crippen LogP contribution in [0, 0.1) is 5.92 Å². The van der Waals surface area contributed by atoms with Crippen molar-refractivity contribution in [2.45, 2.75) is 37.9 Å². The van der Waals surface area contributed by atoms with Crippen LogP contribution in [0.4, 0.5) is 11.8 Å². The first-order valence-electron chi connectivity index (χ1n) is 11.8. The van der Waals surface area contributed by atoms with Crippen molar-refractivity contribution in [2.75, 3.05) is 25.2 Å². The Labute approximate surface area is 208 Å². The number of aromatic nitrogens is 4. The molecular formula is C26H30N6O4. The fourth-order valence-corrected chi connectivity index (χ4v) is 4.74. The van der Waals surface area contributed by atoms with E-state index in [4.69, 9.17) is 25.7 Å². The first-order chi connectivity index (χ1) is 17.5. The van der Waals surface area contributed by atoms with Crippen LogP contribution in [-0.4, -0.2) is 50.6 Å². The summed E-state index contributed by atoms with van der Waals surface area (Å²) in [5.41, 5.74) is 14.9. The van der Waals surface area contributed by atoms with Gasteiger partial charge in [-0.2, -0.15) is 9.97 Å². The smallest absolute Gasteiger partial charge is 0.224 e. The van der Waals surface area contributed by atoms with E-state index in [-0.39, 0.29) is 29.8 Å². The highest BCUT2D eigenvalue weighted by atomic mass is 16.5. The predicted octanol–water partition coefficient (Wildman–Crippen LogP) is 2.72. The molecule has 1 saturated carbocycles. The average molecular weight is 491 g/mol. The van der Waals surface area contributed by atoms with Crippen LogP contribution >= 0.6 is 0 Å². The first-order valence-corrected chi connectivity index (χ1v) is 11.8. The minimum Gasteiger partial charge on any atom is -0.497 e. The molecule has 0 amide bonds. The normalized spacial score (nSPS) is 21.7. The minimum absolute atomic E-state index is 0.0595. The van der Waals surface area contributed by atoms with E-state index in [1.807, 2.05) is 59.2 Å². The summed E-state index contributed by atoms with van der Waals surface area (Å²) >= 11 is 0. The van der Waals surface area contributed by atoms with E-state index in [9.17, 15) is 5.11 Å².